The van der Waals surface area contributed by atoms with Crippen molar-refractivity contribution in [1.82, 2.24) is 14.8 Å². The highest BCUT2D eigenvalue weighted by atomic mass is 16.3. The Morgan fingerprint density at radius 2 is 2.14 bits per heavy atom. The fourth-order valence-corrected chi connectivity index (χ4v) is 3.49. The number of aromatic nitrogens is 1. The van der Waals surface area contributed by atoms with Crippen LogP contribution in [0.5, 0.6) is 5.75 Å². The molecule has 1 unspecified atom stereocenters. The Morgan fingerprint density at radius 1 is 1.27 bits per heavy atom. The number of aromatic hydroxyl groups is 1. The minimum atomic E-state index is -0.343. The number of likely N-dealkylation sites (tertiary alicyclic amines) is 2. The minimum Gasteiger partial charge on any atom is -0.503 e. The molecule has 0 aromatic carbocycles. The van der Waals surface area contributed by atoms with Gasteiger partial charge in [0.1, 0.15) is 0 Å². The number of pyridine rings is 1. The smallest absolute Gasteiger partial charge is 0.223 e. The van der Waals surface area contributed by atoms with E-state index in [1.54, 1.807) is 0 Å². The maximum absolute atomic E-state index is 11.7. The highest BCUT2D eigenvalue weighted by Crippen LogP contribution is 2.21. The van der Waals surface area contributed by atoms with Crippen molar-refractivity contribution in [2.24, 2.45) is 5.92 Å². The molecule has 2 N–H and O–H groups in total. The molecule has 22 heavy (non-hydrogen) atoms. The number of piperidine rings is 1. The van der Waals surface area contributed by atoms with Crippen molar-refractivity contribution in [2.75, 3.05) is 26.2 Å². The maximum Gasteiger partial charge on any atom is 0.223 e. The van der Waals surface area contributed by atoms with Gasteiger partial charge in [0.05, 0.1) is 0 Å². The van der Waals surface area contributed by atoms with Gasteiger partial charge < -0.3 is 15.0 Å². The molecule has 120 valence electrons. The van der Waals surface area contributed by atoms with Crippen LogP contribution in [0.15, 0.2) is 17.1 Å². The monoisotopic (exact) mass is 305 g/mol. The molecule has 0 saturated carbocycles. The van der Waals surface area contributed by atoms with E-state index in [0.29, 0.717) is 24.8 Å². The van der Waals surface area contributed by atoms with Crippen molar-refractivity contribution in [2.45, 2.75) is 32.2 Å². The minimum absolute atomic E-state index is 0.243. The molecule has 3 heterocycles. The van der Waals surface area contributed by atoms with Crippen LogP contribution in [-0.4, -0.2) is 52.0 Å². The number of hydrogen-bond donors (Lipinski definition) is 2. The van der Waals surface area contributed by atoms with Gasteiger partial charge in [-0.3, -0.25) is 14.5 Å². The fraction of sp³-hybridized carbons (Fsp3) is 0.625. The first-order valence-electron chi connectivity index (χ1n) is 8.02. The molecule has 1 aromatic heterocycles. The summed E-state index contributed by atoms with van der Waals surface area (Å²) in [5.41, 5.74) is 0.477. The van der Waals surface area contributed by atoms with Crippen LogP contribution in [0.4, 0.5) is 0 Å². The van der Waals surface area contributed by atoms with Crippen LogP contribution in [0.2, 0.25) is 0 Å². The molecule has 2 aliphatic rings. The normalized spacial score (nSPS) is 23.2. The number of hydrogen-bond acceptors (Lipinski definition) is 4. The fourth-order valence-electron chi connectivity index (χ4n) is 3.49. The van der Waals surface area contributed by atoms with Gasteiger partial charge in [0.15, 0.2) is 5.75 Å². The lowest BCUT2D eigenvalue weighted by atomic mass is 9.97. The lowest BCUT2D eigenvalue weighted by Gasteiger charge is -2.34. The van der Waals surface area contributed by atoms with Crippen LogP contribution in [0.1, 0.15) is 31.4 Å². The number of carbonyl (C=O) groups is 1. The summed E-state index contributed by atoms with van der Waals surface area (Å²) in [4.78, 5) is 30.5. The van der Waals surface area contributed by atoms with Gasteiger partial charge in [-0.1, -0.05) is 0 Å². The average molecular weight is 305 g/mol. The molecule has 6 heteroatoms. The Hall–Kier alpha value is -1.82. The predicted octanol–water partition coefficient (Wildman–Crippen LogP) is 0.915. The Balaban J connectivity index is 1.57. The van der Waals surface area contributed by atoms with E-state index in [1.807, 2.05) is 4.90 Å². The summed E-state index contributed by atoms with van der Waals surface area (Å²) in [6.45, 7) is 4.40. The van der Waals surface area contributed by atoms with E-state index < -0.39 is 0 Å². The summed E-state index contributed by atoms with van der Waals surface area (Å²) in [5.74, 6) is 0.562. The third-order valence-electron chi connectivity index (χ3n) is 4.60. The molecule has 6 nitrogen and oxygen atoms in total. The van der Waals surface area contributed by atoms with Crippen molar-refractivity contribution in [3.63, 3.8) is 0 Å². The molecule has 0 radical (unpaired) electrons. The first kappa shape index (κ1) is 15.1. The van der Waals surface area contributed by atoms with Crippen LogP contribution in [0.3, 0.4) is 0 Å². The third kappa shape index (κ3) is 3.50. The largest absolute Gasteiger partial charge is 0.503 e. The second-order valence-corrected chi connectivity index (χ2v) is 6.39. The summed E-state index contributed by atoms with van der Waals surface area (Å²) in [7, 11) is 0. The van der Waals surface area contributed by atoms with Gasteiger partial charge >= 0.3 is 0 Å². The summed E-state index contributed by atoms with van der Waals surface area (Å²) >= 11 is 0. The zero-order valence-corrected chi connectivity index (χ0v) is 12.8. The zero-order valence-electron chi connectivity index (χ0n) is 12.8. The first-order valence-corrected chi connectivity index (χ1v) is 8.02. The van der Waals surface area contributed by atoms with E-state index in [2.05, 4.69) is 9.88 Å². The quantitative estimate of drug-likeness (QED) is 0.867. The lowest BCUT2D eigenvalue weighted by molar-refractivity contribution is -0.128. The van der Waals surface area contributed by atoms with Gasteiger partial charge in [0.2, 0.25) is 11.3 Å². The van der Waals surface area contributed by atoms with Gasteiger partial charge in [-0.25, -0.2) is 0 Å². The van der Waals surface area contributed by atoms with Crippen LogP contribution >= 0.6 is 0 Å². The number of amides is 1. The molecule has 0 spiro atoms. The van der Waals surface area contributed by atoms with Gasteiger partial charge in [-0.15, -0.1) is 0 Å². The van der Waals surface area contributed by atoms with Crippen molar-refractivity contribution >= 4 is 5.91 Å². The molecular formula is C16H23N3O3. The molecule has 0 bridgehead atoms. The maximum atomic E-state index is 11.7. The van der Waals surface area contributed by atoms with E-state index in [0.717, 1.165) is 51.1 Å². The van der Waals surface area contributed by atoms with Gasteiger partial charge in [-0.05, 0) is 31.7 Å². The lowest BCUT2D eigenvalue weighted by Crippen LogP contribution is -2.41. The number of aromatic amines is 1. The highest BCUT2D eigenvalue weighted by molar-refractivity contribution is 5.78. The molecule has 0 aliphatic carbocycles. The standard InChI is InChI=1S/C16H23N3O3/c20-14-7-13(17-8-15(14)21)11-18-5-1-3-12(9-18)10-19-6-2-4-16(19)22/h7-8,12,21H,1-6,9-11H2,(H,17,20). The molecule has 2 aliphatic heterocycles. The number of H-pyrrole nitrogens is 1. The van der Waals surface area contributed by atoms with Crippen LogP contribution in [0.25, 0.3) is 0 Å². The second kappa shape index (κ2) is 6.52. The van der Waals surface area contributed by atoms with Crippen molar-refractivity contribution < 1.29 is 9.90 Å². The predicted molar refractivity (Wildman–Crippen MR) is 82.5 cm³/mol. The number of rotatable bonds is 4. The Kier molecular flexibility index (Phi) is 4.47. The Bertz CT molecular complexity index is 599. The SMILES string of the molecule is O=C1CCCN1CC1CCCN(Cc2cc(=O)c(O)c[nH]2)C1. The summed E-state index contributed by atoms with van der Waals surface area (Å²) < 4.78 is 0. The van der Waals surface area contributed by atoms with Crippen LogP contribution in [0, 0.1) is 5.92 Å². The molecular weight excluding hydrogens is 282 g/mol. The number of nitrogens with one attached hydrogen (secondary N) is 1. The number of nitrogens with zero attached hydrogens (tertiary/aromatic N) is 2. The van der Waals surface area contributed by atoms with E-state index in [-0.39, 0.29) is 11.2 Å². The second-order valence-electron chi connectivity index (χ2n) is 6.39. The van der Waals surface area contributed by atoms with Crippen molar-refractivity contribution in [3.8, 4) is 5.75 Å². The van der Waals surface area contributed by atoms with E-state index in [4.69, 9.17) is 0 Å². The Morgan fingerprint density at radius 3 is 2.86 bits per heavy atom. The molecule has 2 fully saturated rings. The van der Waals surface area contributed by atoms with Crippen molar-refractivity contribution in [3.05, 3.63) is 28.2 Å². The van der Waals surface area contributed by atoms with E-state index in [1.165, 1.54) is 12.3 Å². The van der Waals surface area contributed by atoms with Crippen LogP contribution in [-0.2, 0) is 11.3 Å². The molecule has 1 amide bonds. The third-order valence-corrected chi connectivity index (χ3v) is 4.60. The summed E-state index contributed by atoms with van der Waals surface area (Å²) in [6, 6.07) is 1.46. The Labute approximate surface area is 129 Å². The molecule has 1 aromatic rings. The molecule has 2 saturated heterocycles. The average Bonchev–Trinajstić information content (AvgIpc) is 2.89. The topological polar surface area (TPSA) is 76.6 Å². The zero-order chi connectivity index (χ0) is 15.5. The van der Waals surface area contributed by atoms with E-state index >= 15 is 0 Å². The van der Waals surface area contributed by atoms with Gasteiger partial charge in [0.25, 0.3) is 0 Å². The summed E-state index contributed by atoms with van der Waals surface area (Å²) in [6.07, 6.45) is 5.32. The molecule has 3 rings (SSSR count). The van der Waals surface area contributed by atoms with Crippen molar-refractivity contribution in [1.29, 1.82) is 0 Å². The summed E-state index contributed by atoms with van der Waals surface area (Å²) in [5, 5.41) is 9.28. The van der Waals surface area contributed by atoms with Crippen LogP contribution < -0.4 is 5.43 Å². The number of carbonyl (C=O) groups excluding carboxylic acids is 1. The first-order chi connectivity index (χ1) is 10.6. The molecule has 1 atom stereocenters. The van der Waals surface area contributed by atoms with Gasteiger partial charge in [0, 0.05) is 50.6 Å². The highest BCUT2D eigenvalue weighted by Gasteiger charge is 2.26. The van der Waals surface area contributed by atoms with Gasteiger partial charge in [-0.2, -0.15) is 0 Å². The van der Waals surface area contributed by atoms with E-state index in [9.17, 15) is 14.7 Å².